The van der Waals surface area contributed by atoms with E-state index in [0.717, 1.165) is 30.7 Å². The molecule has 6 heteroatoms. The Morgan fingerprint density at radius 3 is 2.43 bits per heavy atom. The van der Waals surface area contributed by atoms with Crippen LogP contribution in [0.4, 0.5) is 14.5 Å². The van der Waals surface area contributed by atoms with Crippen molar-refractivity contribution < 1.29 is 13.6 Å². The smallest absolute Gasteiger partial charge is 0.259 e. The number of likely N-dealkylation sites (tertiary alicyclic amines) is 1. The van der Waals surface area contributed by atoms with Gasteiger partial charge in [0.2, 0.25) is 0 Å². The van der Waals surface area contributed by atoms with Gasteiger partial charge in [0.25, 0.3) is 5.91 Å². The zero-order chi connectivity index (χ0) is 16.2. The second kappa shape index (κ2) is 6.73. The lowest BCUT2D eigenvalue weighted by Crippen LogP contribution is -2.43. The molecule has 0 bridgehead atoms. The van der Waals surface area contributed by atoms with E-state index in [4.69, 9.17) is 0 Å². The highest BCUT2D eigenvalue weighted by Crippen LogP contribution is 2.20. The van der Waals surface area contributed by atoms with Crippen LogP contribution in [0.25, 0.3) is 0 Å². The van der Waals surface area contributed by atoms with Crippen molar-refractivity contribution in [1.82, 2.24) is 9.88 Å². The van der Waals surface area contributed by atoms with Crippen LogP contribution in [0.1, 0.15) is 23.2 Å². The van der Waals surface area contributed by atoms with Crippen molar-refractivity contribution in [2.24, 2.45) is 0 Å². The number of amides is 1. The molecule has 1 aromatic carbocycles. The first kappa shape index (κ1) is 15.4. The Labute approximate surface area is 133 Å². The SMILES string of the molecule is O=C(c1c(F)cccc1F)N1CCC(Nc2cccnc2)CC1. The average Bonchev–Trinajstić information content (AvgIpc) is 2.56. The molecule has 2 aromatic rings. The monoisotopic (exact) mass is 317 g/mol. The summed E-state index contributed by atoms with van der Waals surface area (Å²) in [7, 11) is 0. The van der Waals surface area contributed by atoms with Crippen LogP contribution < -0.4 is 5.32 Å². The summed E-state index contributed by atoms with van der Waals surface area (Å²) in [5.41, 5.74) is 0.462. The number of hydrogen-bond donors (Lipinski definition) is 1. The number of pyridine rings is 1. The molecule has 4 nitrogen and oxygen atoms in total. The molecule has 0 atom stereocenters. The van der Waals surface area contributed by atoms with E-state index < -0.39 is 23.1 Å². The first-order chi connectivity index (χ1) is 11.1. The molecule has 0 radical (unpaired) electrons. The number of carbonyl (C=O) groups excluding carboxylic acids is 1. The summed E-state index contributed by atoms with van der Waals surface area (Å²) in [4.78, 5) is 17.9. The van der Waals surface area contributed by atoms with Gasteiger partial charge in [0.05, 0.1) is 5.69 Å². The first-order valence-electron chi connectivity index (χ1n) is 7.55. The maximum absolute atomic E-state index is 13.7. The summed E-state index contributed by atoms with van der Waals surface area (Å²) >= 11 is 0. The molecule has 0 saturated carbocycles. The fourth-order valence-electron chi connectivity index (χ4n) is 2.77. The summed E-state index contributed by atoms with van der Waals surface area (Å²) in [6.45, 7) is 0.926. The van der Waals surface area contributed by atoms with Crippen molar-refractivity contribution in [3.8, 4) is 0 Å². The van der Waals surface area contributed by atoms with E-state index in [1.165, 1.54) is 11.0 Å². The molecular formula is C17H17F2N3O. The summed E-state index contributed by atoms with van der Waals surface area (Å²) in [5, 5.41) is 3.35. The molecule has 0 unspecified atom stereocenters. The van der Waals surface area contributed by atoms with Gasteiger partial charge in [0, 0.05) is 31.5 Å². The van der Waals surface area contributed by atoms with Gasteiger partial charge in [-0.1, -0.05) is 6.07 Å². The Hall–Kier alpha value is -2.50. The van der Waals surface area contributed by atoms with Gasteiger partial charge in [-0.05, 0) is 37.1 Å². The van der Waals surface area contributed by atoms with E-state index in [1.54, 1.807) is 12.4 Å². The molecule has 1 amide bonds. The lowest BCUT2D eigenvalue weighted by atomic mass is 10.0. The van der Waals surface area contributed by atoms with E-state index >= 15 is 0 Å². The lowest BCUT2D eigenvalue weighted by molar-refractivity contribution is 0.0708. The lowest BCUT2D eigenvalue weighted by Gasteiger charge is -2.33. The number of benzene rings is 1. The van der Waals surface area contributed by atoms with E-state index in [1.807, 2.05) is 12.1 Å². The van der Waals surface area contributed by atoms with Crippen LogP contribution in [-0.4, -0.2) is 34.9 Å². The highest BCUT2D eigenvalue weighted by molar-refractivity contribution is 5.94. The molecule has 23 heavy (non-hydrogen) atoms. The molecular weight excluding hydrogens is 300 g/mol. The van der Waals surface area contributed by atoms with Gasteiger partial charge < -0.3 is 10.2 Å². The second-order valence-electron chi connectivity index (χ2n) is 5.55. The Bertz CT molecular complexity index is 665. The van der Waals surface area contributed by atoms with Gasteiger partial charge in [-0.3, -0.25) is 9.78 Å². The van der Waals surface area contributed by atoms with Crippen LogP contribution in [0, 0.1) is 11.6 Å². The van der Waals surface area contributed by atoms with E-state index in [-0.39, 0.29) is 6.04 Å². The molecule has 2 heterocycles. The zero-order valence-electron chi connectivity index (χ0n) is 12.5. The third-order valence-electron chi connectivity index (χ3n) is 3.99. The first-order valence-corrected chi connectivity index (χ1v) is 7.55. The molecule has 1 aliphatic heterocycles. The number of anilines is 1. The molecule has 1 aromatic heterocycles. The number of rotatable bonds is 3. The second-order valence-corrected chi connectivity index (χ2v) is 5.55. The number of aromatic nitrogens is 1. The van der Waals surface area contributed by atoms with Crippen molar-refractivity contribution in [1.29, 1.82) is 0 Å². The van der Waals surface area contributed by atoms with Crippen LogP contribution in [0.15, 0.2) is 42.7 Å². The van der Waals surface area contributed by atoms with Crippen LogP contribution in [0.3, 0.4) is 0 Å². The predicted molar refractivity (Wildman–Crippen MR) is 83.1 cm³/mol. The number of piperidine rings is 1. The normalized spacial score (nSPS) is 15.5. The van der Waals surface area contributed by atoms with Crippen LogP contribution in [-0.2, 0) is 0 Å². The fourth-order valence-corrected chi connectivity index (χ4v) is 2.77. The summed E-state index contributed by atoms with van der Waals surface area (Å²) in [6.07, 6.45) is 4.88. The van der Waals surface area contributed by atoms with Crippen LogP contribution in [0.2, 0.25) is 0 Å². The highest BCUT2D eigenvalue weighted by Gasteiger charge is 2.27. The molecule has 1 aliphatic rings. The maximum Gasteiger partial charge on any atom is 0.259 e. The van der Waals surface area contributed by atoms with Crippen molar-refractivity contribution in [2.45, 2.75) is 18.9 Å². The van der Waals surface area contributed by atoms with Crippen molar-refractivity contribution in [3.05, 3.63) is 59.9 Å². The number of hydrogen-bond acceptors (Lipinski definition) is 3. The Morgan fingerprint density at radius 2 is 1.83 bits per heavy atom. The summed E-state index contributed by atoms with van der Waals surface area (Å²) in [6, 6.07) is 7.46. The quantitative estimate of drug-likeness (QED) is 0.946. The molecule has 1 fully saturated rings. The summed E-state index contributed by atoms with van der Waals surface area (Å²) in [5.74, 6) is -2.21. The predicted octanol–water partition coefficient (Wildman–Crippen LogP) is 3.08. The van der Waals surface area contributed by atoms with E-state index in [0.29, 0.717) is 13.1 Å². The van der Waals surface area contributed by atoms with Crippen LogP contribution in [0.5, 0.6) is 0 Å². The van der Waals surface area contributed by atoms with Gasteiger partial charge in [0.1, 0.15) is 17.2 Å². The Kier molecular flexibility index (Phi) is 4.50. The molecule has 120 valence electrons. The standard InChI is InChI=1S/C17H17F2N3O/c18-14-4-1-5-15(19)16(14)17(23)22-9-6-12(7-10-22)21-13-3-2-8-20-11-13/h1-5,8,11-12,21H,6-7,9-10H2. The van der Waals surface area contributed by atoms with Gasteiger partial charge >= 0.3 is 0 Å². The number of carbonyl (C=O) groups is 1. The average molecular weight is 317 g/mol. The third-order valence-corrected chi connectivity index (χ3v) is 3.99. The van der Waals surface area contributed by atoms with Crippen molar-refractivity contribution >= 4 is 11.6 Å². The van der Waals surface area contributed by atoms with Gasteiger partial charge in [-0.25, -0.2) is 8.78 Å². The number of halogens is 2. The fraction of sp³-hybridized carbons (Fsp3) is 0.294. The van der Waals surface area contributed by atoms with E-state index in [9.17, 15) is 13.6 Å². The van der Waals surface area contributed by atoms with Gasteiger partial charge in [-0.2, -0.15) is 0 Å². The van der Waals surface area contributed by atoms with Crippen molar-refractivity contribution in [3.63, 3.8) is 0 Å². The summed E-state index contributed by atoms with van der Waals surface area (Å²) < 4.78 is 27.4. The molecule has 0 aliphatic carbocycles. The van der Waals surface area contributed by atoms with Crippen molar-refractivity contribution in [2.75, 3.05) is 18.4 Å². The van der Waals surface area contributed by atoms with Gasteiger partial charge in [-0.15, -0.1) is 0 Å². The molecule has 1 saturated heterocycles. The maximum atomic E-state index is 13.7. The minimum Gasteiger partial charge on any atom is -0.381 e. The highest BCUT2D eigenvalue weighted by atomic mass is 19.1. The van der Waals surface area contributed by atoms with Crippen LogP contribution >= 0.6 is 0 Å². The molecule has 1 N–H and O–H groups in total. The largest absolute Gasteiger partial charge is 0.381 e. The third kappa shape index (κ3) is 3.47. The minimum absolute atomic E-state index is 0.216. The topological polar surface area (TPSA) is 45.2 Å². The zero-order valence-corrected chi connectivity index (χ0v) is 12.5. The molecule has 0 spiro atoms. The minimum atomic E-state index is -0.814. The van der Waals surface area contributed by atoms with E-state index in [2.05, 4.69) is 10.3 Å². The number of nitrogens with one attached hydrogen (secondary N) is 1. The number of nitrogens with zero attached hydrogens (tertiary/aromatic N) is 2. The molecule has 3 rings (SSSR count). The Balaban J connectivity index is 1.62. The van der Waals surface area contributed by atoms with Gasteiger partial charge in [0.15, 0.2) is 0 Å². The Morgan fingerprint density at radius 1 is 1.13 bits per heavy atom.